The Kier molecular flexibility index (Phi) is 4.99. The molecule has 0 fully saturated rings. The van der Waals surface area contributed by atoms with E-state index in [4.69, 9.17) is 17.3 Å². The van der Waals surface area contributed by atoms with Gasteiger partial charge < -0.3 is 5.73 Å². The molecule has 0 heterocycles. The molecule has 0 radical (unpaired) electrons. The first-order valence-corrected chi connectivity index (χ1v) is 6.97. The maximum absolute atomic E-state index is 13.9. The highest BCUT2D eigenvalue weighted by Crippen LogP contribution is 2.20. The third-order valence-corrected chi connectivity index (χ3v) is 3.52. The first-order valence-electron chi connectivity index (χ1n) is 6.59. The Labute approximate surface area is 124 Å². The van der Waals surface area contributed by atoms with Crippen LogP contribution in [0.15, 0.2) is 42.5 Å². The average Bonchev–Trinajstić information content (AvgIpc) is 2.43. The van der Waals surface area contributed by atoms with Crippen molar-refractivity contribution in [2.24, 2.45) is 0 Å². The lowest BCUT2D eigenvalue weighted by atomic mass is 10.1. The van der Waals surface area contributed by atoms with Gasteiger partial charge in [-0.1, -0.05) is 42.8 Å². The van der Waals surface area contributed by atoms with Crippen LogP contribution in [0.25, 0.3) is 0 Å². The molecule has 20 heavy (non-hydrogen) atoms. The van der Waals surface area contributed by atoms with Crippen LogP contribution in [0.4, 0.5) is 10.1 Å². The number of nitrogens with two attached hydrogens (primary N) is 1. The zero-order valence-electron chi connectivity index (χ0n) is 11.4. The molecule has 0 spiro atoms. The van der Waals surface area contributed by atoms with E-state index in [1.54, 1.807) is 18.2 Å². The van der Waals surface area contributed by atoms with Crippen LogP contribution in [0.3, 0.4) is 0 Å². The van der Waals surface area contributed by atoms with Crippen molar-refractivity contribution in [1.29, 1.82) is 0 Å². The van der Waals surface area contributed by atoms with Crippen LogP contribution in [0.2, 0.25) is 5.02 Å². The fourth-order valence-electron chi connectivity index (χ4n) is 2.14. The smallest absolute Gasteiger partial charge is 0.146 e. The number of benzene rings is 2. The molecule has 0 aliphatic heterocycles. The molecular weight excluding hydrogens is 275 g/mol. The Morgan fingerprint density at radius 3 is 2.60 bits per heavy atom. The summed E-state index contributed by atoms with van der Waals surface area (Å²) in [5.41, 5.74) is 8.25. The number of rotatable bonds is 5. The Morgan fingerprint density at radius 1 is 1.15 bits per heavy atom. The molecule has 0 aliphatic rings. The summed E-state index contributed by atoms with van der Waals surface area (Å²) in [4.78, 5) is 2.14. The van der Waals surface area contributed by atoms with Gasteiger partial charge >= 0.3 is 0 Å². The van der Waals surface area contributed by atoms with E-state index in [1.807, 2.05) is 24.3 Å². The van der Waals surface area contributed by atoms with Crippen molar-refractivity contribution in [1.82, 2.24) is 4.90 Å². The lowest BCUT2D eigenvalue weighted by Crippen LogP contribution is -2.23. The predicted octanol–water partition coefficient (Wildman–Crippen LogP) is 4.08. The molecule has 0 bridgehead atoms. The molecule has 0 amide bonds. The summed E-state index contributed by atoms with van der Waals surface area (Å²) in [6, 6.07) is 12.9. The summed E-state index contributed by atoms with van der Waals surface area (Å²) in [7, 11) is 0. The van der Waals surface area contributed by atoms with Gasteiger partial charge in [0.1, 0.15) is 5.82 Å². The predicted molar refractivity (Wildman–Crippen MR) is 82.1 cm³/mol. The zero-order valence-corrected chi connectivity index (χ0v) is 12.2. The fourth-order valence-corrected chi connectivity index (χ4v) is 2.33. The first-order chi connectivity index (χ1) is 9.60. The van der Waals surface area contributed by atoms with Gasteiger partial charge in [-0.25, -0.2) is 4.39 Å². The largest absolute Gasteiger partial charge is 0.399 e. The second-order valence-electron chi connectivity index (χ2n) is 4.76. The number of halogens is 2. The topological polar surface area (TPSA) is 29.3 Å². The van der Waals surface area contributed by atoms with E-state index in [1.165, 1.54) is 0 Å². The first kappa shape index (κ1) is 14.8. The minimum absolute atomic E-state index is 0.169. The van der Waals surface area contributed by atoms with E-state index < -0.39 is 0 Å². The van der Waals surface area contributed by atoms with E-state index in [-0.39, 0.29) is 10.8 Å². The number of nitrogens with zero attached hydrogens (tertiary/aromatic N) is 1. The second-order valence-corrected chi connectivity index (χ2v) is 5.17. The molecule has 0 unspecified atom stereocenters. The van der Waals surface area contributed by atoms with Crippen LogP contribution < -0.4 is 5.73 Å². The van der Waals surface area contributed by atoms with Crippen molar-refractivity contribution in [3.63, 3.8) is 0 Å². The van der Waals surface area contributed by atoms with Crippen LogP contribution >= 0.6 is 11.6 Å². The lowest BCUT2D eigenvalue weighted by molar-refractivity contribution is 0.267. The van der Waals surface area contributed by atoms with E-state index in [0.717, 1.165) is 24.3 Å². The molecule has 2 nitrogen and oxygen atoms in total. The Hall–Kier alpha value is -1.58. The van der Waals surface area contributed by atoms with Crippen molar-refractivity contribution in [2.75, 3.05) is 12.3 Å². The molecule has 0 aliphatic carbocycles. The Bertz CT molecular complexity index is 586. The molecule has 2 rings (SSSR count). The molecule has 2 aromatic carbocycles. The van der Waals surface area contributed by atoms with Gasteiger partial charge in [0.05, 0.1) is 5.02 Å². The quantitative estimate of drug-likeness (QED) is 0.841. The van der Waals surface area contributed by atoms with Crippen LogP contribution in [0.1, 0.15) is 18.1 Å². The third kappa shape index (κ3) is 3.71. The van der Waals surface area contributed by atoms with Crippen LogP contribution in [-0.4, -0.2) is 11.4 Å². The molecule has 0 saturated heterocycles. The minimum atomic E-state index is -0.333. The highest BCUT2D eigenvalue weighted by Gasteiger charge is 2.11. The highest BCUT2D eigenvalue weighted by atomic mass is 35.5. The van der Waals surface area contributed by atoms with Gasteiger partial charge in [-0.3, -0.25) is 4.90 Å². The Morgan fingerprint density at radius 2 is 1.90 bits per heavy atom. The third-order valence-electron chi connectivity index (χ3n) is 3.23. The van der Waals surface area contributed by atoms with Crippen molar-refractivity contribution in [3.8, 4) is 0 Å². The summed E-state index contributed by atoms with van der Waals surface area (Å²) >= 11 is 5.81. The molecular formula is C16H18ClFN2. The lowest BCUT2D eigenvalue weighted by Gasteiger charge is -2.21. The summed E-state index contributed by atoms with van der Waals surface area (Å²) < 4.78 is 13.9. The normalized spacial score (nSPS) is 11.0. The maximum atomic E-state index is 13.9. The number of hydrogen-bond donors (Lipinski definition) is 1. The average molecular weight is 293 g/mol. The van der Waals surface area contributed by atoms with E-state index >= 15 is 0 Å². The van der Waals surface area contributed by atoms with Gasteiger partial charge in [-0.2, -0.15) is 0 Å². The Balaban J connectivity index is 2.11. The van der Waals surface area contributed by atoms with Gasteiger partial charge in [0.2, 0.25) is 0 Å². The second kappa shape index (κ2) is 6.73. The molecule has 4 heteroatoms. The standard InChI is InChI=1S/C16H18ClFN2/c1-2-20(10-12-5-3-7-14(19)9-12)11-13-6-4-8-15(17)16(13)18/h3-9H,2,10-11,19H2,1H3. The molecule has 106 valence electrons. The number of hydrogen-bond acceptors (Lipinski definition) is 2. The van der Waals surface area contributed by atoms with Crippen molar-refractivity contribution in [2.45, 2.75) is 20.0 Å². The van der Waals surface area contributed by atoms with E-state index in [2.05, 4.69) is 11.8 Å². The van der Waals surface area contributed by atoms with Crippen LogP contribution in [0, 0.1) is 5.82 Å². The minimum Gasteiger partial charge on any atom is -0.399 e. The SMILES string of the molecule is CCN(Cc1cccc(N)c1)Cc1cccc(Cl)c1F. The molecule has 0 atom stereocenters. The molecule has 0 aromatic heterocycles. The molecule has 2 aromatic rings. The van der Waals surface area contributed by atoms with Crippen LogP contribution in [-0.2, 0) is 13.1 Å². The highest BCUT2D eigenvalue weighted by molar-refractivity contribution is 6.30. The maximum Gasteiger partial charge on any atom is 0.146 e. The van der Waals surface area contributed by atoms with Crippen molar-refractivity contribution in [3.05, 3.63) is 64.4 Å². The monoisotopic (exact) mass is 292 g/mol. The molecule has 2 N–H and O–H groups in total. The van der Waals surface area contributed by atoms with Crippen LogP contribution in [0.5, 0.6) is 0 Å². The molecule has 0 saturated carbocycles. The number of nitrogen functional groups attached to an aromatic ring is 1. The van der Waals surface area contributed by atoms with Crippen molar-refractivity contribution >= 4 is 17.3 Å². The zero-order chi connectivity index (χ0) is 14.5. The van der Waals surface area contributed by atoms with Gasteiger partial charge in [0.15, 0.2) is 0 Å². The van der Waals surface area contributed by atoms with E-state index in [0.29, 0.717) is 12.1 Å². The van der Waals surface area contributed by atoms with Gasteiger partial charge in [0.25, 0.3) is 0 Å². The number of anilines is 1. The van der Waals surface area contributed by atoms with Gasteiger partial charge in [0, 0.05) is 24.3 Å². The van der Waals surface area contributed by atoms with Crippen molar-refractivity contribution < 1.29 is 4.39 Å². The summed E-state index contributed by atoms with van der Waals surface area (Å²) in [5.74, 6) is -0.333. The summed E-state index contributed by atoms with van der Waals surface area (Å²) in [6.07, 6.45) is 0. The summed E-state index contributed by atoms with van der Waals surface area (Å²) in [6.45, 7) is 4.13. The van der Waals surface area contributed by atoms with Gasteiger partial charge in [-0.15, -0.1) is 0 Å². The summed E-state index contributed by atoms with van der Waals surface area (Å²) in [5, 5.41) is 0.169. The van der Waals surface area contributed by atoms with Gasteiger partial charge in [-0.05, 0) is 30.3 Å². The van der Waals surface area contributed by atoms with E-state index in [9.17, 15) is 4.39 Å². The fraction of sp³-hybridized carbons (Fsp3) is 0.250.